The molecule has 104 valence electrons. The van der Waals surface area contributed by atoms with Crippen LogP contribution in [0.5, 0.6) is 0 Å². The van der Waals surface area contributed by atoms with Crippen LogP contribution in [0.4, 0.5) is 0 Å². The summed E-state index contributed by atoms with van der Waals surface area (Å²) in [7, 11) is 0. The molecule has 0 radical (unpaired) electrons. The molecule has 20 heavy (non-hydrogen) atoms. The number of hydrogen-bond donors (Lipinski definition) is 0. The van der Waals surface area contributed by atoms with Crippen LogP contribution >= 0.6 is 0 Å². The monoisotopic (exact) mass is 267 g/mol. The van der Waals surface area contributed by atoms with Gasteiger partial charge < -0.3 is 4.90 Å². The van der Waals surface area contributed by atoms with Crippen LogP contribution in [0.15, 0.2) is 30.9 Å². The van der Waals surface area contributed by atoms with Gasteiger partial charge in [0.1, 0.15) is 0 Å². The van der Waals surface area contributed by atoms with Gasteiger partial charge in [-0.1, -0.05) is 18.6 Å². The Kier molecular flexibility index (Phi) is 4.63. The maximum atomic E-state index is 11.7. The van der Waals surface area contributed by atoms with E-state index in [0.717, 1.165) is 31.5 Å². The van der Waals surface area contributed by atoms with Crippen LogP contribution in [0, 0.1) is 25.2 Å². The van der Waals surface area contributed by atoms with E-state index in [4.69, 9.17) is 6.42 Å². The number of amides is 1. The second-order valence-corrected chi connectivity index (χ2v) is 5.55. The van der Waals surface area contributed by atoms with E-state index in [9.17, 15) is 4.79 Å². The maximum absolute atomic E-state index is 11.7. The topological polar surface area (TPSA) is 20.3 Å². The normalized spacial score (nSPS) is 18.4. The lowest BCUT2D eigenvalue weighted by Gasteiger charge is -2.32. The number of aryl methyl sites for hydroxylation is 1. The second kappa shape index (κ2) is 6.43. The van der Waals surface area contributed by atoms with Gasteiger partial charge in [0.25, 0.3) is 0 Å². The van der Waals surface area contributed by atoms with Gasteiger partial charge in [-0.05, 0) is 61.4 Å². The van der Waals surface area contributed by atoms with Gasteiger partial charge in [0, 0.05) is 18.7 Å². The number of piperidine rings is 1. The minimum Gasteiger partial charge on any atom is -0.339 e. The lowest BCUT2D eigenvalue weighted by atomic mass is 9.90. The van der Waals surface area contributed by atoms with Crippen LogP contribution in [0.3, 0.4) is 0 Å². The van der Waals surface area contributed by atoms with Gasteiger partial charge in [-0.25, -0.2) is 0 Å². The molecule has 1 aliphatic rings. The molecular weight excluding hydrogens is 246 g/mol. The first-order chi connectivity index (χ1) is 9.62. The Morgan fingerprint density at radius 2 is 2.35 bits per heavy atom. The summed E-state index contributed by atoms with van der Waals surface area (Å²) in [5, 5.41) is 0. The number of rotatable bonds is 3. The summed E-state index contributed by atoms with van der Waals surface area (Å²) in [5.41, 5.74) is 3.41. The standard InChI is InChI=1S/C18H21NO/c1-4-15-9-14(3)10-17(11-15)12-16-7-6-8-19(13-16)18(20)5-2/h1,5,9-11,16H,2,6-8,12-13H2,3H3. The smallest absolute Gasteiger partial charge is 0.245 e. The molecule has 0 aliphatic carbocycles. The second-order valence-electron chi connectivity index (χ2n) is 5.55. The molecule has 1 unspecified atom stereocenters. The fraction of sp³-hybridized carbons (Fsp3) is 0.389. The lowest BCUT2D eigenvalue weighted by molar-refractivity contribution is -0.127. The van der Waals surface area contributed by atoms with Crippen molar-refractivity contribution < 1.29 is 4.79 Å². The number of carbonyl (C=O) groups is 1. The van der Waals surface area contributed by atoms with Crippen molar-refractivity contribution >= 4 is 5.91 Å². The number of benzene rings is 1. The molecular formula is C18H21NO. The van der Waals surface area contributed by atoms with Crippen molar-refractivity contribution in [3.63, 3.8) is 0 Å². The Balaban J connectivity index is 2.06. The molecule has 0 spiro atoms. The highest BCUT2D eigenvalue weighted by molar-refractivity contribution is 5.87. The molecule has 1 aliphatic heterocycles. The van der Waals surface area contributed by atoms with E-state index in [1.807, 2.05) is 11.0 Å². The summed E-state index contributed by atoms with van der Waals surface area (Å²) in [6.07, 6.45) is 10.1. The van der Waals surface area contributed by atoms with E-state index in [1.54, 1.807) is 0 Å². The molecule has 0 aromatic heterocycles. The minimum atomic E-state index is 0.0447. The van der Waals surface area contributed by atoms with Crippen LogP contribution in [0.2, 0.25) is 0 Å². The molecule has 0 bridgehead atoms. The molecule has 1 atom stereocenters. The van der Waals surface area contributed by atoms with Crippen molar-refractivity contribution in [1.82, 2.24) is 4.90 Å². The van der Waals surface area contributed by atoms with Crippen LogP contribution in [-0.2, 0) is 11.2 Å². The van der Waals surface area contributed by atoms with Gasteiger partial charge in [0.15, 0.2) is 0 Å². The Labute approximate surface area is 121 Å². The first-order valence-electron chi connectivity index (χ1n) is 7.11. The fourth-order valence-electron chi connectivity index (χ4n) is 2.96. The number of carbonyl (C=O) groups excluding carboxylic acids is 1. The van der Waals surface area contributed by atoms with E-state index in [0.29, 0.717) is 5.92 Å². The quantitative estimate of drug-likeness (QED) is 0.609. The molecule has 1 aromatic carbocycles. The van der Waals surface area contributed by atoms with E-state index in [-0.39, 0.29) is 5.91 Å². The van der Waals surface area contributed by atoms with Crippen molar-refractivity contribution in [1.29, 1.82) is 0 Å². The van der Waals surface area contributed by atoms with Crippen molar-refractivity contribution in [2.45, 2.75) is 26.2 Å². The molecule has 2 rings (SSSR count). The fourth-order valence-corrected chi connectivity index (χ4v) is 2.96. The van der Waals surface area contributed by atoms with E-state index >= 15 is 0 Å². The molecule has 2 nitrogen and oxygen atoms in total. The number of nitrogens with zero attached hydrogens (tertiary/aromatic N) is 1. The molecule has 1 heterocycles. The molecule has 0 saturated carbocycles. The summed E-state index contributed by atoms with van der Waals surface area (Å²) in [5.74, 6) is 3.26. The molecule has 1 saturated heterocycles. The maximum Gasteiger partial charge on any atom is 0.245 e. The van der Waals surface area contributed by atoms with Gasteiger partial charge in [0.05, 0.1) is 0 Å². The number of likely N-dealkylation sites (tertiary alicyclic amines) is 1. The van der Waals surface area contributed by atoms with Crippen molar-refractivity contribution in [2.75, 3.05) is 13.1 Å². The SMILES string of the molecule is C#Cc1cc(C)cc(CC2CCCN(C(=O)C=C)C2)c1. The molecule has 1 aromatic rings. The summed E-state index contributed by atoms with van der Waals surface area (Å²) >= 11 is 0. The van der Waals surface area contributed by atoms with Gasteiger partial charge in [-0.15, -0.1) is 6.42 Å². The third-order valence-electron chi connectivity index (χ3n) is 3.83. The molecule has 1 fully saturated rings. The summed E-state index contributed by atoms with van der Waals surface area (Å²) < 4.78 is 0. The lowest BCUT2D eigenvalue weighted by Crippen LogP contribution is -2.39. The first-order valence-corrected chi connectivity index (χ1v) is 7.11. The summed E-state index contributed by atoms with van der Waals surface area (Å²) in [6, 6.07) is 6.30. The minimum absolute atomic E-state index is 0.0447. The third kappa shape index (κ3) is 3.51. The van der Waals surface area contributed by atoms with Gasteiger partial charge in [-0.2, -0.15) is 0 Å². The van der Waals surface area contributed by atoms with Crippen molar-refractivity contribution in [2.24, 2.45) is 5.92 Å². The zero-order valence-electron chi connectivity index (χ0n) is 12.1. The average molecular weight is 267 g/mol. The van der Waals surface area contributed by atoms with E-state index in [2.05, 4.69) is 31.6 Å². The van der Waals surface area contributed by atoms with E-state index in [1.165, 1.54) is 23.6 Å². The van der Waals surface area contributed by atoms with Crippen LogP contribution in [-0.4, -0.2) is 23.9 Å². The predicted molar refractivity (Wildman–Crippen MR) is 82.3 cm³/mol. The number of hydrogen-bond acceptors (Lipinski definition) is 1. The van der Waals surface area contributed by atoms with Crippen LogP contribution in [0.25, 0.3) is 0 Å². The van der Waals surface area contributed by atoms with Crippen molar-refractivity contribution in [3.05, 3.63) is 47.5 Å². The molecule has 1 amide bonds. The highest BCUT2D eigenvalue weighted by Gasteiger charge is 2.22. The third-order valence-corrected chi connectivity index (χ3v) is 3.83. The highest BCUT2D eigenvalue weighted by atomic mass is 16.2. The van der Waals surface area contributed by atoms with Crippen molar-refractivity contribution in [3.8, 4) is 12.3 Å². The Hall–Kier alpha value is -2.01. The summed E-state index contributed by atoms with van der Waals surface area (Å²) in [4.78, 5) is 13.6. The largest absolute Gasteiger partial charge is 0.339 e. The Bertz CT molecular complexity index is 553. The molecule has 0 N–H and O–H groups in total. The summed E-state index contributed by atoms with van der Waals surface area (Å²) in [6.45, 7) is 7.31. The average Bonchev–Trinajstić information content (AvgIpc) is 2.46. The van der Waals surface area contributed by atoms with Gasteiger partial charge in [-0.3, -0.25) is 4.79 Å². The van der Waals surface area contributed by atoms with Gasteiger partial charge in [0.2, 0.25) is 5.91 Å². The first kappa shape index (κ1) is 14.4. The Morgan fingerprint density at radius 1 is 1.55 bits per heavy atom. The van der Waals surface area contributed by atoms with E-state index < -0.39 is 0 Å². The van der Waals surface area contributed by atoms with Gasteiger partial charge >= 0.3 is 0 Å². The zero-order valence-corrected chi connectivity index (χ0v) is 12.1. The number of terminal acetylenes is 1. The Morgan fingerprint density at radius 3 is 3.05 bits per heavy atom. The zero-order chi connectivity index (χ0) is 14.5. The predicted octanol–water partition coefficient (Wildman–Crippen LogP) is 2.94. The highest BCUT2D eigenvalue weighted by Crippen LogP contribution is 2.22. The molecule has 2 heteroatoms. The van der Waals surface area contributed by atoms with Crippen LogP contribution < -0.4 is 0 Å². The van der Waals surface area contributed by atoms with Crippen LogP contribution in [0.1, 0.15) is 29.5 Å².